The van der Waals surface area contributed by atoms with E-state index in [2.05, 4.69) is 15.6 Å². The number of aryl methyl sites for hydroxylation is 1. The topological polar surface area (TPSA) is 95.1 Å². The predicted octanol–water partition coefficient (Wildman–Crippen LogP) is 1.70. The van der Waals surface area contributed by atoms with Crippen LogP contribution < -0.4 is 10.1 Å². The van der Waals surface area contributed by atoms with E-state index >= 15 is 0 Å². The number of rotatable bonds is 7. The predicted molar refractivity (Wildman–Crippen MR) is 72.8 cm³/mol. The van der Waals surface area contributed by atoms with Crippen molar-refractivity contribution in [1.82, 2.24) is 15.0 Å². The van der Waals surface area contributed by atoms with Crippen LogP contribution in [0.1, 0.15) is 6.42 Å². The molecule has 2 aromatic rings. The molecule has 106 valence electrons. The Balaban J connectivity index is 1.96. The molecule has 0 radical (unpaired) electrons. The lowest BCUT2D eigenvalue weighted by Gasteiger charge is -2.09. The Labute approximate surface area is 115 Å². The highest BCUT2D eigenvalue weighted by Crippen LogP contribution is 2.34. The van der Waals surface area contributed by atoms with E-state index in [0.717, 1.165) is 6.42 Å². The fourth-order valence-corrected chi connectivity index (χ4v) is 1.83. The highest BCUT2D eigenvalue weighted by atomic mass is 16.6. The van der Waals surface area contributed by atoms with Crippen LogP contribution in [0.25, 0.3) is 0 Å². The van der Waals surface area contributed by atoms with Gasteiger partial charge < -0.3 is 10.1 Å². The standard InChI is InChI=1S/C12H15N5O3/c1-20-11-5-2-4-10(12(11)17(18)19)13-6-3-8-16-9-7-14-15-16/h2,4-5,7,9,13H,3,6,8H2,1H3. The SMILES string of the molecule is COc1cccc(NCCCn2ccnn2)c1[N+](=O)[O-]. The molecule has 8 heteroatoms. The zero-order valence-electron chi connectivity index (χ0n) is 11.0. The lowest BCUT2D eigenvalue weighted by Crippen LogP contribution is -2.09. The van der Waals surface area contributed by atoms with Crippen molar-refractivity contribution in [2.45, 2.75) is 13.0 Å². The molecule has 0 spiro atoms. The minimum Gasteiger partial charge on any atom is -0.490 e. The zero-order valence-corrected chi connectivity index (χ0v) is 11.0. The molecule has 0 aliphatic rings. The summed E-state index contributed by atoms with van der Waals surface area (Å²) in [4.78, 5) is 10.6. The number of hydrogen-bond acceptors (Lipinski definition) is 6. The summed E-state index contributed by atoms with van der Waals surface area (Å²) in [6.07, 6.45) is 4.16. The number of benzene rings is 1. The first-order valence-electron chi connectivity index (χ1n) is 6.11. The molecule has 0 unspecified atom stereocenters. The summed E-state index contributed by atoms with van der Waals surface area (Å²) in [7, 11) is 1.41. The van der Waals surface area contributed by atoms with E-state index in [-0.39, 0.29) is 11.4 Å². The monoisotopic (exact) mass is 277 g/mol. The van der Waals surface area contributed by atoms with Crippen LogP contribution in [0.3, 0.4) is 0 Å². The second kappa shape index (κ2) is 6.50. The number of aromatic nitrogens is 3. The average Bonchev–Trinajstić information content (AvgIpc) is 2.96. The van der Waals surface area contributed by atoms with Gasteiger partial charge in [-0.25, -0.2) is 0 Å². The quantitative estimate of drug-likeness (QED) is 0.470. The van der Waals surface area contributed by atoms with E-state index in [4.69, 9.17) is 4.74 Å². The molecule has 0 bridgehead atoms. The molecule has 1 aromatic heterocycles. The van der Waals surface area contributed by atoms with Gasteiger partial charge in [-0.3, -0.25) is 14.8 Å². The van der Waals surface area contributed by atoms with Gasteiger partial charge in [0.05, 0.1) is 18.2 Å². The number of anilines is 1. The summed E-state index contributed by atoms with van der Waals surface area (Å²) in [5.41, 5.74) is 0.406. The van der Waals surface area contributed by atoms with Gasteiger partial charge in [0.25, 0.3) is 0 Å². The molecule has 0 amide bonds. The number of nitrogens with zero attached hydrogens (tertiary/aromatic N) is 4. The molecule has 1 heterocycles. The largest absolute Gasteiger partial charge is 0.490 e. The first-order chi connectivity index (χ1) is 9.72. The molecule has 1 N–H and O–H groups in total. The van der Waals surface area contributed by atoms with Crippen molar-refractivity contribution in [3.8, 4) is 5.75 Å². The Morgan fingerprint density at radius 2 is 2.35 bits per heavy atom. The van der Waals surface area contributed by atoms with Crippen molar-refractivity contribution in [2.75, 3.05) is 19.0 Å². The Morgan fingerprint density at radius 3 is 3.00 bits per heavy atom. The molecular formula is C12H15N5O3. The Bertz CT molecular complexity index is 570. The summed E-state index contributed by atoms with van der Waals surface area (Å²) in [5, 5.41) is 21.7. The van der Waals surface area contributed by atoms with E-state index in [9.17, 15) is 10.1 Å². The second-order valence-corrected chi connectivity index (χ2v) is 4.06. The summed E-state index contributed by atoms with van der Waals surface area (Å²) in [6, 6.07) is 4.94. The van der Waals surface area contributed by atoms with Crippen molar-refractivity contribution in [3.63, 3.8) is 0 Å². The van der Waals surface area contributed by atoms with Crippen molar-refractivity contribution < 1.29 is 9.66 Å². The number of para-hydroxylation sites is 1. The maximum Gasteiger partial charge on any atom is 0.333 e. The van der Waals surface area contributed by atoms with Gasteiger partial charge in [-0.15, -0.1) is 5.10 Å². The van der Waals surface area contributed by atoms with Crippen molar-refractivity contribution >= 4 is 11.4 Å². The molecule has 0 aliphatic heterocycles. The van der Waals surface area contributed by atoms with Crippen LogP contribution in [0.2, 0.25) is 0 Å². The third-order valence-electron chi connectivity index (χ3n) is 2.75. The molecule has 0 atom stereocenters. The number of ether oxygens (including phenoxy) is 1. The summed E-state index contributed by atoms with van der Waals surface area (Å²) in [6.45, 7) is 1.29. The molecule has 8 nitrogen and oxygen atoms in total. The molecule has 2 rings (SSSR count). The molecule has 20 heavy (non-hydrogen) atoms. The number of nitro groups is 1. The number of hydrogen-bond donors (Lipinski definition) is 1. The van der Waals surface area contributed by atoms with Gasteiger partial charge in [0, 0.05) is 19.3 Å². The zero-order chi connectivity index (χ0) is 14.4. The third kappa shape index (κ3) is 3.22. The smallest absolute Gasteiger partial charge is 0.333 e. The minimum absolute atomic E-state index is 0.0456. The summed E-state index contributed by atoms with van der Waals surface area (Å²) in [5.74, 6) is 0.247. The van der Waals surface area contributed by atoms with E-state index < -0.39 is 4.92 Å². The van der Waals surface area contributed by atoms with Crippen molar-refractivity contribution in [1.29, 1.82) is 0 Å². The first kappa shape index (κ1) is 13.8. The third-order valence-corrected chi connectivity index (χ3v) is 2.75. The van der Waals surface area contributed by atoms with Crippen LogP contribution in [0, 0.1) is 10.1 Å². The Morgan fingerprint density at radius 1 is 1.50 bits per heavy atom. The first-order valence-corrected chi connectivity index (χ1v) is 6.11. The maximum absolute atomic E-state index is 11.1. The number of nitrogens with one attached hydrogen (secondary N) is 1. The normalized spacial score (nSPS) is 10.2. The van der Waals surface area contributed by atoms with Gasteiger partial charge in [-0.2, -0.15) is 0 Å². The fourth-order valence-electron chi connectivity index (χ4n) is 1.83. The lowest BCUT2D eigenvalue weighted by atomic mass is 10.2. The van der Waals surface area contributed by atoms with Gasteiger partial charge >= 0.3 is 5.69 Å². The van der Waals surface area contributed by atoms with E-state index in [1.807, 2.05) is 0 Å². The molecule has 1 aromatic carbocycles. The van der Waals surface area contributed by atoms with Gasteiger partial charge in [-0.05, 0) is 18.6 Å². The van der Waals surface area contributed by atoms with Crippen molar-refractivity contribution in [2.24, 2.45) is 0 Å². The Hall–Kier alpha value is -2.64. The van der Waals surface area contributed by atoms with Crippen molar-refractivity contribution in [3.05, 3.63) is 40.7 Å². The molecule has 0 saturated carbocycles. The van der Waals surface area contributed by atoms with Gasteiger partial charge in [0.2, 0.25) is 0 Å². The maximum atomic E-state index is 11.1. The van der Waals surface area contributed by atoms with Crippen LogP contribution in [0.15, 0.2) is 30.6 Å². The van der Waals surface area contributed by atoms with Gasteiger partial charge in [0.15, 0.2) is 5.75 Å². The highest BCUT2D eigenvalue weighted by molar-refractivity contribution is 5.68. The summed E-state index contributed by atoms with van der Waals surface area (Å²) < 4.78 is 6.72. The van der Waals surface area contributed by atoms with Crippen LogP contribution in [-0.4, -0.2) is 33.6 Å². The second-order valence-electron chi connectivity index (χ2n) is 4.06. The van der Waals surface area contributed by atoms with Crippen LogP contribution >= 0.6 is 0 Å². The average molecular weight is 277 g/mol. The number of nitro benzene ring substituents is 1. The highest BCUT2D eigenvalue weighted by Gasteiger charge is 2.19. The van der Waals surface area contributed by atoms with E-state index in [0.29, 0.717) is 18.8 Å². The van der Waals surface area contributed by atoms with Crippen LogP contribution in [0.4, 0.5) is 11.4 Å². The lowest BCUT2D eigenvalue weighted by molar-refractivity contribution is -0.384. The molecule has 0 aliphatic carbocycles. The molecule has 0 fully saturated rings. The molecular weight excluding hydrogens is 262 g/mol. The molecule has 0 saturated heterocycles. The number of methoxy groups -OCH3 is 1. The van der Waals surface area contributed by atoms with Crippen LogP contribution in [0.5, 0.6) is 5.75 Å². The van der Waals surface area contributed by atoms with E-state index in [1.165, 1.54) is 7.11 Å². The van der Waals surface area contributed by atoms with Crippen LogP contribution in [-0.2, 0) is 6.54 Å². The van der Waals surface area contributed by atoms with E-state index in [1.54, 1.807) is 35.3 Å². The van der Waals surface area contributed by atoms with Gasteiger partial charge in [0.1, 0.15) is 5.69 Å². The summed E-state index contributed by atoms with van der Waals surface area (Å²) >= 11 is 0. The Kier molecular flexibility index (Phi) is 4.48. The fraction of sp³-hybridized carbons (Fsp3) is 0.333. The minimum atomic E-state index is -0.446. The van der Waals surface area contributed by atoms with Gasteiger partial charge in [-0.1, -0.05) is 11.3 Å².